The van der Waals surface area contributed by atoms with E-state index in [1.165, 1.54) is 9.70 Å². The second-order valence-corrected chi connectivity index (χ2v) is 5.21. The summed E-state index contributed by atoms with van der Waals surface area (Å²) < 4.78 is 0. The first-order valence-electron chi connectivity index (χ1n) is 6.95. The van der Waals surface area contributed by atoms with Gasteiger partial charge < -0.3 is 10.2 Å². The van der Waals surface area contributed by atoms with Gasteiger partial charge >= 0.3 is 0 Å². The first-order valence-corrected chi connectivity index (χ1v) is 6.95. The van der Waals surface area contributed by atoms with Crippen LogP contribution in [0.1, 0.15) is 27.8 Å². The molecule has 22 heavy (non-hydrogen) atoms. The summed E-state index contributed by atoms with van der Waals surface area (Å²) in [5.74, 6) is -0.599. The molecule has 1 fully saturated rings. The van der Waals surface area contributed by atoms with Gasteiger partial charge in [0.05, 0.1) is 7.05 Å². The van der Waals surface area contributed by atoms with Crippen molar-refractivity contribution in [3.63, 3.8) is 0 Å². The Morgan fingerprint density at radius 3 is 2.91 bits per heavy atom. The van der Waals surface area contributed by atoms with Gasteiger partial charge in [0.2, 0.25) is 5.91 Å². The van der Waals surface area contributed by atoms with Crippen molar-refractivity contribution in [2.75, 3.05) is 13.1 Å². The van der Waals surface area contributed by atoms with Gasteiger partial charge in [0.15, 0.2) is 0 Å². The largest absolute Gasteiger partial charge is 0.352 e. The Balaban J connectivity index is 1.96. The van der Waals surface area contributed by atoms with Crippen LogP contribution in [0.5, 0.6) is 0 Å². The molecule has 1 aromatic heterocycles. The zero-order valence-electron chi connectivity index (χ0n) is 12.4. The first kappa shape index (κ1) is 14.2. The maximum atomic E-state index is 12.6. The fourth-order valence-electron chi connectivity index (χ4n) is 2.56. The molecule has 3 rings (SSSR count). The van der Waals surface area contributed by atoms with Gasteiger partial charge in [-0.3, -0.25) is 9.59 Å². The molecule has 0 bridgehead atoms. The van der Waals surface area contributed by atoms with Gasteiger partial charge in [-0.2, -0.15) is 4.80 Å². The Bertz CT molecular complexity index is 726. The third-order valence-corrected chi connectivity index (χ3v) is 3.53. The predicted molar refractivity (Wildman–Crippen MR) is 76.8 cm³/mol. The third kappa shape index (κ3) is 2.54. The molecular weight excluding hydrogens is 284 g/mol. The number of aromatic nitrogens is 4. The topological polar surface area (TPSA) is 93.0 Å². The number of hydrogen-bond acceptors (Lipinski definition) is 5. The van der Waals surface area contributed by atoms with E-state index in [1.807, 2.05) is 31.2 Å². The molecule has 0 spiro atoms. The number of carbonyl (C=O) groups is 2. The normalized spacial score (nSPS) is 18.2. The van der Waals surface area contributed by atoms with Crippen molar-refractivity contribution in [3.05, 3.63) is 41.2 Å². The number of hydrogen-bond donors (Lipinski definition) is 1. The summed E-state index contributed by atoms with van der Waals surface area (Å²) >= 11 is 0. The fourth-order valence-corrected chi connectivity index (χ4v) is 2.56. The van der Waals surface area contributed by atoms with E-state index in [9.17, 15) is 9.59 Å². The van der Waals surface area contributed by atoms with Gasteiger partial charge in [-0.1, -0.05) is 29.8 Å². The number of aryl methyl sites for hydroxylation is 2. The zero-order chi connectivity index (χ0) is 15.7. The summed E-state index contributed by atoms with van der Waals surface area (Å²) in [6, 6.07) is 6.88. The SMILES string of the molecule is Cc1cccc(C2C(=O)NCCN2C(=O)c2nnn(C)n2)c1. The minimum atomic E-state index is -0.676. The molecule has 1 saturated heterocycles. The second-order valence-electron chi connectivity index (χ2n) is 5.21. The molecule has 1 atom stereocenters. The maximum absolute atomic E-state index is 12.6. The summed E-state index contributed by atoms with van der Waals surface area (Å²) in [6.07, 6.45) is 0. The third-order valence-electron chi connectivity index (χ3n) is 3.53. The average molecular weight is 300 g/mol. The lowest BCUT2D eigenvalue weighted by atomic mass is 10.0. The Kier molecular flexibility index (Phi) is 3.58. The van der Waals surface area contributed by atoms with Crippen LogP contribution in [0.2, 0.25) is 0 Å². The number of nitrogens with zero attached hydrogens (tertiary/aromatic N) is 5. The van der Waals surface area contributed by atoms with E-state index in [2.05, 4.69) is 20.7 Å². The minimum absolute atomic E-state index is 0.00477. The molecule has 2 heterocycles. The minimum Gasteiger partial charge on any atom is -0.352 e. The lowest BCUT2D eigenvalue weighted by molar-refractivity contribution is -0.128. The Labute approximate surface area is 127 Å². The van der Waals surface area contributed by atoms with Crippen LogP contribution in [0.3, 0.4) is 0 Å². The van der Waals surface area contributed by atoms with E-state index in [-0.39, 0.29) is 11.7 Å². The molecule has 8 heteroatoms. The summed E-state index contributed by atoms with van der Waals surface area (Å²) in [5.41, 5.74) is 1.80. The van der Waals surface area contributed by atoms with Gasteiger partial charge in [0.25, 0.3) is 11.7 Å². The van der Waals surface area contributed by atoms with Gasteiger partial charge in [-0.25, -0.2) is 0 Å². The van der Waals surface area contributed by atoms with Crippen LogP contribution in [-0.2, 0) is 11.8 Å². The highest BCUT2D eigenvalue weighted by molar-refractivity contribution is 5.96. The quantitative estimate of drug-likeness (QED) is 0.831. The van der Waals surface area contributed by atoms with E-state index in [4.69, 9.17) is 0 Å². The van der Waals surface area contributed by atoms with Crippen LogP contribution in [0.15, 0.2) is 24.3 Å². The van der Waals surface area contributed by atoms with Gasteiger partial charge in [0.1, 0.15) is 6.04 Å². The van der Waals surface area contributed by atoms with Crippen LogP contribution >= 0.6 is 0 Å². The second kappa shape index (κ2) is 5.55. The molecular formula is C14H16N6O2. The molecule has 1 N–H and O–H groups in total. The van der Waals surface area contributed by atoms with Crippen molar-refractivity contribution in [3.8, 4) is 0 Å². The predicted octanol–water partition coefficient (Wildman–Crippen LogP) is -0.168. The molecule has 8 nitrogen and oxygen atoms in total. The Morgan fingerprint density at radius 2 is 2.23 bits per heavy atom. The van der Waals surface area contributed by atoms with E-state index >= 15 is 0 Å². The molecule has 0 aliphatic carbocycles. The number of rotatable bonds is 2. The number of carbonyl (C=O) groups excluding carboxylic acids is 2. The summed E-state index contributed by atoms with van der Waals surface area (Å²) in [6.45, 7) is 2.76. The molecule has 0 radical (unpaired) electrons. The van der Waals surface area contributed by atoms with Crippen molar-refractivity contribution in [2.24, 2.45) is 7.05 Å². The van der Waals surface area contributed by atoms with Gasteiger partial charge in [0, 0.05) is 13.1 Å². The highest BCUT2D eigenvalue weighted by Crippen LogP contribution is 2.25. The van der Waals surface area contributed by atoms with E-state index in [1.54, 1.807) is 7.05 Å². The van der Waals surface area contributed by atoms with Crippen LogP contribution in [-0.4, -0.2) is 50.0 Å². The molecule has 114 valence electrons. The number of amides is 2. The lowest BCUT2D eigenvalue weighted by Gasteiger charge is -2.34. The highest BCUT2D eigenvalue weighted by atomic mass is 16.2. The molecule has 0 saturated carbocycles. The summed E-state index contributed by atoms with van der Waals surface area (Å²) in [4.78, 5) is 27.6. The number of tetrazole rings is 1. The van der Waals surface area contributed by atoms with Crippen LogP contribution < -0.4 is 5.32 Å². The molecule has 1 unspecified atom stereocenters. The van der Waals surface area contributed by atoms with Crippen LogP contribution in [0.4, 0.5) is 0 Å². The Hall–Kier alpha value is -2.77. The molecule has 1 aliphatic rings. The number of nitrogens with one attached hydrogen (secondary N) is 1. The average Bonchev–Trinajstić information content (AvgIpc) is 2.93. The number of benzene rings is 1. The van der Waals surface area contributed by atoms with Crippen molar-refractivity contribution < 1.29 is 9.59 Å². The van der Waals surface area contributed by atoms with E-state index < -0.39 is 11.9 Å². The van der Waals surface area contributed by atoms with E-state index in [0.717, 1.165) is 11.1 Å². The lowest BCUT2D eigenvalue weighted by Crippen LogP contribution is -2.52. The maximum Gasteiger partial charge on any atom is 0.296 e. The molecule has 1 aliphatic heterocycles. The monoisotopic (exact) mass is 300 g/mol. The zero-order valence-corrected chi connectivity index (χ0v) is 12.4. The van der Waals surface area contributed by atoms with Crippen molar-refractivity contribution in [2.45, 2.75) is 13.0 Å². The number of piperazine rings is 1. The highest BCUT2D eigenvalue weighted by Gasteiger charge is 2.36. The molecule has 1 aromatic carbocycles. The standard InChI is InChI=1S/C14H16N6O2/c1-9-4-3-5-10(8-9)11-13(21)15-6-7-20(11)14(22)12-16-18-19(2)17-12/h3-5,8,11H,6-7H2,1-2H3,(H,15,21). The van der Waals surface area contributed by atoms with Crippen molar-refractivity contribution >= 4 is 11.8 Å². The summed E-state index contributed by atoms with van der Waals surface area (Å²) in [5, 5.41) is 14.1. The van der Waals surface area contributed by atoms with Crippen molar-refractivity contribution in [1.29, 1.82) is 0 Å². The van der Waals surface area contributed by atoms with Gasteiger partial charge in [-0.15, -0.1) is 10.2 Å². The van der Waals surface area contributed by atoms with Gasteiger partial charge in [-0.05, 0) is 17.7 Å². The fraction of sp³-hybridized carbons (Fsp3) is 0.357. The summed E-state index contributed by atoms with van der Waals surface area (Å²) in [7, 11) is 1.59. The molecule has 2 amide bonds. The first-order chi connectivity index (χ1) is 10.6. The molecule has 2 aromatic rings. The smallest absolute Gasteiger partial charge is 0.296 e. The van der Waals surface area contributed by atoms with Crippen LogP contribution in [0.25, 0.3) is 0 Å². The van der Waals surface area contributed by atoms with Crippen LogP contribution in [0, 0.1) is 6.92 Å². The Morgan fingerprint density at radius 1 is 1.41 bits per heavy atom. The van der Waals surface area contributed by atoms with E-state index in [0.29, 0.717) is 13.1 Å². The van der Waals surface area contributed by atoms with Crippen molar-refractivity contribution in [1.82, 2.24) is 30.4 Å².